The molecule has 27 heavy (non-hydrogen) atoms. The minimum absolute atomic E-state index is 0.189. The van der Waals surface area contributed by atoms with Gasteiger partial charge in [0.05, 0.1) is 30.8 Å². The molecule has 0 saturated carbocycles. The molecule has 2 amide bonds. The van der Waals surface area contributed by atoms with E-state index in [2.05, 4.69) is 5.32 Å². The molecule has 1 N–H and O–H groups in total. The summed E-state index contributed by atoms with van der Waals surface area (Å²) in [5.41, 5.74) is -0.0994. The highest BCUT2D eigenvalue weighted by molar-refractivity contribution is 6.32. The summed E-state index contributed by atoms with van der Waals surface area (Å²) in [5.74, 6) is 0.351. The van der Waals surface area contributed by atoms with Gasteiger partial charge in [-0.2, -0.15) is 0 Å². The summed E-state index contributed by atoms with van der Waals surface area (Å²) < 4.78 is 15.9. The van der Waals surface area contributed by atoms with Gasteiger partial charge in [0.2, 0.25) is 5.91 Å². The first-order valence-corrected chi connectivity index (χ1v) is 9.22. The van der Waals surface area contributed by atoms with Crippen LogP contribution in [0.2, 0.25) is 5.02 Å². The third-order valence-corrected chi connectivity index (χ3v) is 4.47. The molecular formula is C19H27ClN2O5. The average Bonchev–Trinajstić information content (AvgIpc) is 2.61. The zero-order valence-electron chi connectivity index (χ0n) is 16.4. The van der Waals surface area contributed by atoms with E-state index < -0.39 is 11.7 Å². The zero-order valence-corrected chi connectivity index (χ0v) is 17.2. The van der Waals surface area contributed by atoms with Crippen LogP contribution in [0.3, 0.4) is 0 Å². The predicted molar refractivity (Wildman–Crippen MR) is 104 cm³/mol. The van der Waals surface area contributed by atoms with Crippen LogP contribution in [-0.4, -0.2) is 49.8 Å². The van der Waals surface area contributed by atoms with Crippen LogP contribution in [-0.2, 0) is 9.53 Å². The second-order valence-electron chi connectivity index (χ2n) is 7.44. The largest absolute Gasteiger partial charge is 0.495 e. The Hall–Kier alpha value is -2.15. The molecule has 1 atom stereocenters. The number of carbonyl (C=O) groups is 2. The highest BCUT2D eigenvalue weighted by Crippen LogP contribution is 2.36. The second kappa shape index (κ2) is 8.69. The van der Waals surface area contributed by atoms with E-state index >= 15 is 0 Å². The number of ether oxygens (including phenoxy) is 3. The first-order chi connectivity index (χ1) is 12.6. The van der Waals surface area contributed by atoms with Crippen LogP contribution >= 0.6 is 11.6 Å². The molecule has 150 valence electrons. The minimum Gasteiger partial charge on any atom is -0.495 e. The van der Waals surface area contributed by atoms with Crippen LogP contribution in [0.1, 0.15) is 33.6 Å². The second-order valence-corrected chi connectivity index (χ2v) is 7.85. The van der Waals surface area contributed by atoms with Gasteiger partial charge in [0.1, 0.15) is 17.1 Å². The van der Waals surface area contributed by atoms with Crippen LogP contribution in [0.15, 0.2) is 12.1 Å². The standard InChI is InChI=1S/C19H27ClN2O5/c1-19(2,3)27-18(24)22-8-6-7-12(11-22)17(23)21-14-10-15(25-4)13(20)9-16(14)26-5/h9-10,12H,6-8,11H2,1-5H3,(H,21,23). The number of piperidine rings is 1. The topological polar surface area (TPSA) is 77.1 Å². The Morgan fingerprint density at radius 3 is 2.44 bits per heavy atom. The Kier molecular flexibility index (Phi) is 6.81. The van der Waals surface area contributed by atoms with Gasteiger partial charge in [-0.25, -0.2) is 4.79 Å². The molecule has 0 bridgehead atoms. The van der Waals surface area contributed by atoms with Crippen molar-refractivity contribution in [2.45, 2.75) is 39.2 Å². The molecule has 2 rings (SSSR count). The van der Waals surface area contributed by atoms with Crippen molar-refractivity contribution >= 4 is 29.3 Å². The zero-order chi connectivity index (χ0) is 20.2. The molecule has 0 aliphatic carbocycles. The molecule has 1 aromatic carbocycles. The molecule has 1 unspecified atom stereocenters. The highest BCUT2D eigenvalue weighted by atomic mass is 35.5. The maximum absolute atomic E-state index is 12.8. The molecule has 8 heteroatoms. The first kappa shape index (κ1) is 21.2. The molecule has 1 aliphatic rings. The third-order valence-electron chi connectivity index (χ3n) is 4.18. The van der Waals surface area contributed by atoms with Crippen molar-refractivity contribution in [3.05, 3.63) is 17.2 Å². The van der Waals surface area contributed by atoms with E-state index in [1.54, 1.807) is 17.0 Å². The van der Waals surface area contributed by atoms with E-state index in [1.165, 1.54) is 14.2 Å². The quantitative estimate of drug-likeness (QED) is 0.831. The van der Waals surface area contributed by atoms with Crippen molar-refractivity contribution in [2.75, 3.05) is 32.6 Å². The van der Waals surface area contributed by atoms with Gasteiger partial charge in [0.15, 0.2) is 0 Å². The molecule has 1 saturated heterocycles. The van der Waals surface area contributed by atoms with Crippen molar-refractivity contribution in [3.63, 3.8) is 0 Å². The lowest BCUT2D eigenvalue weighted by Crippen LogP contribution is -2.45. The Morgan fingerprint density at radius 1 is 1.19 bits per heavy atom. The molecule has 7 nitrogen and oxygen atoms in total. The number of hydrogen-bond donors (Lipinski definition) is 1. The van der Waals surface area contributed by atoms with Gasteiger partial charge in [0.25, 0.3) is 0 Å². The van der Waals surface area contributed by atoms with Gasteiger partial charge in [0, 0.05) is 25.2 Å². The maximum Gasteiger partial charge on any atom is 0.410 e. The van der Waals surface area contributed by atoms with E-state index in [4.69, 9.17) is 25.8 Å². The van der Waals surface area contributed by atoms with Crippen molar-refractivity contribution < 1.29 is 23.8 Å². The van der Waals surface area contributed by atoms with E-state index in [-0.39, 0.29) is 11.8 Å². The van der Waals surface area contributed by atoms with Gasteiger partial charge in [-0.15, -0.1) is 0 Å². The number of methoxy groups -OCH3 is 2. The van der Waals surface area contributed by atoms with E-state index in [0.717, 1.165) is 6.42 Å². The number of halogens is 1. The number of amides is 2. The van der Waals surface area contributed by atoms with Crippen LogP contribution in [0.25, 0.3) is 0 Å². The van der Waals surface area contributed by atoms with Gasteiger partial charge >= 0.3 is 6.09 Å². The molecule has 0 spiro atoms. The summed E-state index contributed by atoms with van der Waals surface area (Å²) in [7, 11) is 3.00. The third kappa shape index (κ3) is 5.66. The fourth-order valence-electron chi connectivity index (χ4n) is 2.88. The molecule has 0 aromatic heterocycles. The number of likely N-dealkylation sites (tertiary alicyclic amines) is 1. The van der Waals surface area contributed by atoms with E-state index in [1.807, 2.05) is 20.8 Å². The van der Waals surface area contributed by atoms with Crippen LogP contribution in [0, 0.1) is 5.92 Å². The first-order valence-electron chi connectivity index (χ1n) is 8.85. The molecule has 1 aliphatic heterocycles. The van der Waals surface area contributed by atoms with Gasteiger partial charge in [-0.05, 0) is 33.6 Å². The number of nitrogens with one attached hydrogen (secondary N) is 1. The van der Waals surface area contributed by atoms with Crippen molar-refractivity contribution in [1.29, 1.82) is 0 Å². The maximum atomic E-state index is 12.8. The Bertz CT molecular complexity index is 702. The summed E-state index contributed by atoms with van der Waals surface area (Å²) in [4.78, 5) is 26.6. The van der Waals surface area contributed by atoms with Gasteiger partial charge in [-0.3, -0.25) is 4.79 Å². The Labute approximate surface area is 164 Å². The lowest BCUT2D eigenvalue weighted by molar-refractivity contribution is -0.121. The van der Waals surface area contributed by atoms with E-state index in [9.17, 15) is 9.59 Å². The van der Waals surface area contributed by atoms with E-state index in [0.29, 0.717) is 41.7 Å². The normalized spacial score (nSPS) is 17.3. The Morgan fingerprint density at radius 2 is 1.85 bits per heavy atom. The lowest BCUT2D eigenvalue weighted by Gasteiger charge is -2.33. The molecule has 1 aromatic rings. The predicted octanol–water partition coefficient (Wildman–Crippen LogP) is 3.94. The smallest absolute Gasteiger partial charge is 0.410 e. The molecule has 0 radical (unpaired) electrons. The number of hydrogen-bond acceptors (Lipinski definition) is 5. The summed E-state index contributed by atoms with van der Waals surface area (Å²) >= 11 is 6.10. The van der Waals surface area contributed by atoms with Gasteiger partial charge < -0.3 is 24.4 Å². The number of carbonyl (C=O) groups excluding carboxylic acids is 2. The SMILES string of the molecule is COc1cc(NC(=O)C2CCCN(C(=O)OC(C)(C)C)C2)c(OC)cc1Cl. The average molecular weight is 399 g/mol. The Balaban J connectivity index is 2.08. The van der Waals surface area contributed by atoms with Crippen molar-refractivity contribution in [1.82, 2.24) is 4.90 Å². The summed E-state index contributed by atoms with van der Waals surface area (Å²) in [6.07, 6.45) is 1.03. The number of benzene rings is 1. The summed E-state index contributed by atoms with van der Waals surface area (Å²) in [5, 5.41) is 3.25. The van der Waals surface area contributed by atoms with Crippen LogP contribution in [0.4, 0.5) is 10.5 Å². The van der Waals surface area contributed by atoms with Crippen LogP contribution < -0.4 is 14.8 Å². The monoisotopic (exact) mass is 398 g/mol. The fourth-order valence-corrected chi connectivity index (χ4v) is 3.11. The minimum atomic E-state index is -0.570. The van der Waals surface area contributed by atoms with Crippen molar-refractivity contribution in [3.8, 4) is 11.5 Å². The van der Waals surface area contributed by atoms with Gasteiger partial charge in [-0.1, -0.05) is 11.6 Å². The van der Waals surface area contributed by atoms with Crippen molar-refractivity contribution in [2.24, 2.45) is 5.92 Å². The number of nitrogens with zero attached hydrogens (tertiary/aromatic N) is 1. The number of anilines is 1. The number of rotatable bonds is 4. The molecular weight excluding hydrogens is 372 g/mol. The molecule has 1 fully saturated rings. The fraction of sp³-hybridized carbons (Fsp3) is 0.579. The summed E-state index contributed by atoms with van der Waals surface area (Å²) in [6, 6.07) is 3.21. The molecule has 1 heterocycles. The van der Waals surface area contributed by atoms with Crippen LogP contribution in [0.5, 0.6) is 11.5 Å². The lowest BCUT2D eigenvalue weighted by atomic mass is 9.97. The summed E-state index contributed by atoms with van der Waals surface area (Å²) in [6.45, 7) is 6.35. The highest BCUT2D eigenvalue weighted by Gasteiger charge is 2.31.